The quantitative estimate of drug-likeness (QED) is 0.800. The summed E-state index contributed by atoms with van der Waals surface area (Å²) < 4.78 is 4.96. The van der Waals surface area contributed by atoms with Gasteiger partial charge in [-0.25, -0.2) is 0 Å². The van der Waals surface area contributed by atoms with Gasteiger partial charge >= 0.3 is 5.97 Å². The molecule has 0 N–H and O–H groups in total. The second-order valence-electron chi connectivity index (χ2n) is 4.59. The van der Waals surface area contributed by atoms with Crippen molar-refractivity contribution in [3.8, 4) is 0 Å². The predicted molar refractivity (Wildman–Crippen MR) is 73.3 cm³/mol. The molecule has 102 valence electrons. The first kappa shape index (κ1) is 13.9. The van der Waals surface area contributed by atoms with E-state index in [2.05, 4.69) is 0 Å². The Labute approximate surface area is 117 Å². The summed E-state index contributed by atoms with van der Waals surface area (Å²) in [6, 6.07) is 5.46. The van der Waals surface area contributed by atoms with Crippen molar-refractivity contribution in [2.24, 2.45) is 5.92 Å². The van der Waals surface area contributed by atoms with Crippen molar-refractivity contribution in [1.29, 1.82) is 0 Å². The van der Waals surface area contributed by atoms with Crippen LogP contribution in [0.2, 0.25) is 5.02 Å². The lowest BCUT2D eigenvalue weighted by Crippen LogP contribution is -2.26. The van der Waals surface area contributed by atoms with E-state index in [9.17, 15) is 9.59 Å². The van der Waals surface area contributed by atoms with Crippen molar-refractivity contribution >= 4 is 29.2 Å². The number of ether oxygens (including phenoxy) is 1. The maximum Gasteiger partial charge on any atom is 0.311 e. The van der Waals surface area contributed by atoms with E-state index in [1.54, 1.807) is 17.9 Å². The third kappa shape index (κ3) is 2.89. The number of hydrogen-bond acceptors (Lipinski definition) is 3. The van der Waals surface area contributed by atoms with Gasteiger partial charge in [0.05, 0.1) is 12.5 Å². The van der Waals surface area contributed by atoms with Crippen LogP contribution in [0, 0.1) is 12.8 Å². The molecule has 1 amide bonds. The number of rotatable bonds is 3. The summed E-state index contributed by atoms with van der Waals surface area (Å²) in [7, 11) is 0. The van der Waals surface area contributed by atoms with Gasteiger partial charge in [0.2, 0.25) is 5.91 Å². The molecule has 5 heteroatoms. The normalized spacial score (nSPS) is 18.8. The van der Waals surface area contributed by atoms with Crippen LogP contribution in [0.3, 0.4) is 0 Å². The zero-order valence-corrected chi connectivity index (χ0v) is 11.7. The molecule has 1 aliphatic rings. The number of aryl methyl sites for hydroxylation is 1. The van der Waals surface area contributed by atoms with E-state index in [1.807, 2.05) is 19.1 Å². The van der Waals surface area contributed by atoms with E-state index < -0.39 is 0 Å². The summed E-state index contributed by atoms with van der Waals surface area (Å²) >= 11 is 6.06. The van der Waals surface area contributed by atoms with Crippen LogP contribution in [0.4, 0.5) is 5.69 Å². The molecule has 0 radical (unpaired) electrons. The van der Waals surface area contributed by atoms with Crippen LogP contribution in [0.15, 0.2) is 18.2 Å². The highest BCUT2D eigenvalue weighted by Crippen LogP contribution is 2.29. The van der Waals surface area contributed by atoms with Crippen molar-refractivity contribution in [2.45, 2.75) is 20.3 Å². The second-order valence-corrected chi connectivity index (χ2v) is 5.00. The van der Waals surface area contributed by atoms with Crippen LogP contribution in [0.1, 0.15) is 18.9 Å². The summed E-state index contributed by atoms with van der Waals surface area (Å²) in [6.45, 7) is 4.35. The van der Waals surface area contributed by atoms with Gasteiger partial charge in [0, 0.05) is 23.7 Å². The molecule has 1 aromatic carbocycles. The van der Waals surface area contributed by atoms with Gasteiger partial charge < -0.3 is 9.64 Å². The summed E-state index contributed by atoms with van der Waals surface area (Å²) in [5, 5.41) is 0.616. The molecule has 1 unspecified atom stereocenters. The van der Waals surface area contributed by atoms with Gasteiger partial charge in [-0.3, -0.25) is 9.59 Å². The highest BCUT2D eigenvalue weighted by molar-refractivity contribution is 6.31. The van der Waals surface area contributed by atoms with E-state index >= 15 is 0 Å². The lowest BCUT2D eigenvalue weighted by atomic mass is 10.1. The number of halogens is 1. The number of carbonyl (C=O) groups is 2. The van der Waals surface area contributed by atoms with Crippen molar-refractivity contribution in [3.05, 3.63) is 28.8 Å². The number of anilines is 1. The van der Waals surface area contributed by atoms with E-state index in [-0.39, 0.29) is 24.2 Å². The molecule has 1 aromatic rings. The molecule has 0 spiro atoms. The largest absolute Gasteiger partial charge is 0.466 e. The topological polar surface area (TPSA) is 46.6 Å². The summed E-state index contributed by atoms with van der Waals surface area (Å²) in [4.78, 5) is 25.2. The fourth-order valence-corrected chi connectivity index (χ4v) is 2.30. The highest BCUT2D eigenvalue weighted by Gasteiger charge is 2.36. The molecule has 4 nitrogen and oxygen atoms in total. The Morgan fingerprint density at radius 3 is 2.89 bits per heavy atom. The Bertz CT molecular complexity index is 515. The zero-order chi connectivity index (χ0) is 14.0. The minimum absolute atomic E-state index is 0.0713. The zero-order valence-electron chi connectivity index (χ0n) is 11.0. The van der Waals surface area contributed by atoms with Crippen LogP contribution >= 0.6 is 11.6 Å². The minimum Gasteiger partial charge on any atom is -0.466 e. The highest BCUT2D eigenvalue weighted by atomic mass is 35.5. The second kappa shape index (κ2) is 5.61. The Morgan fingerprint density at radius 2 is 2.26 bits per heavy atom. The number of amides is 1. The molecule has 1 atom stereocenters. The smallest absolute Gasteiger partial charge is 0.311 e. The van der Waals surface area contributed by atoms with E-state index in [1.165, 1.54) is 0 Å². The molecular weight excluding hydrogens is 266 g/mol. The average Bonchev–Trinajstić information content (AvgIpc) is 2.75. The van der Waals surface area contributed by atoms with Crippen LogP contribution in [0.5, 0.6) is 0 Å². The first-order chi connectivity index (χ1) is 9.02. The third-order valence-electron chi connectivity index (χ3n) is 3.21. The number of esters is 1. The first-order valence-corrected chi connectivity index (χ1v) is 6.64. The average molecular weight is 282 g/mol. The van der Waals surface area contributed by atoms with E-state index in [0.29, 0.717) is 18.2 Å². The number of benzene rings is 1. The van der Waals surface area contributed by atoms with Crippen molar-refractivity contribution < 1.29 is 14.3 Å². The van der Waals surface area contributed by atoms with Gasteiger partial charge in [-0.05, 0) is 31.5 Å². The van der Waals surface area contributed by atoms with E-state index in [0.717, 1.165) is 11.3 Å². The summed E-state index contributed by atoms with van der Waals surface area (Å²) in [5.74, 6) is -0.762. The molecule has 2 rings (SSSR count). The van der Waals surface area contributed by atoms with E-state index in [4.69, 9.17) is 16.3 Å². The van der Waals surface area contributed by atoms with Gasteiger partial charge in [0.15, 0.2) is 0 Å². The number of hydrogen-bond donors (Lipinski definition) is 0. The lowest BCUT2D eigenvalue weighted by molar-refractivity contribution is -0.147. The minimum atomic E-state index is -0.382. The summed E-state index contributed by atoms with van der Waals surface area (Å²) in [5.41, 5.74) is 1.69. The molecule has 0 bridgehead atoms. The Kier molecular flexibility index (Phi) is 4.10. The standard InChI is InChI=1S/C14H16ClNO3/c1-3-19-14(18)10-6-13(17)16(8-10)11-5-4-9(2)12(15)7-11/h4-5,7,10H,3,6,8H2,1-2H3. The molecule has 1 saturated heterocycles. The van der Waals surface area contributed by atoms with Gasteiger partial charge in [-0.15, -0.1) is 0 Å². The van der Waals surface area contributed by atoms with Gasteiger partial charge in [-0.2, -0.15) is 0 Å². The predicted octanol–water partition coefficient (Wildman–Crippen LogP) is 2.56. The van der Waals surface area contributed by atoms with Crippen LogP contribution in [0.25, 0.3) is 0 Å². The third-order valence-corrected chi connectivity index (χ3v) is 3.62. The van der Waals surface area contributed by atoms with Gasteiger partial charge in [0.1, 0.15) is 0 Å². The lowest BCUT2D eigenvalue weighted by Gasteiger charge is -2.17. The molecule has 0 aromatic heterocycles. The molecular formula is C14H16ClNO3. The van der Waals surface area contributed by atoms with Crippen molar-refractivity contribution in [3.63, 3.8) is 0 Å². The van der Waals surface area contributed by atoms with Crippen LogP contribution < -0.4 is 4.90 Å². The van der Waals surface area contributed by atoms with Gasteiger partial charge in [0.25, 0.3) is 0 Å². The molecule has 1 aliphatic heterocycles. The summed E-state index contributed by atoms with van der Waals surface area (Å²) in [6.07, 6.45) is 0.199. The Hall–Kier alpha value is -1.55. The Balaban J connectivity index is 2.15. The molecule has 0 saturated carbocycles. The molecule has 19 heavy (non-hydrogen) atoms. The SMILES string of the molecule is CCOC(=O)C1CC(=O)N(c2ccc(C)c(Cl)c2)C1. The fourth-order valence-electron chi connectivity index (χ4n) is 2.12. The van der Waals surface area contributed by atoms with Crippen LogP contribution in [-0.4, -0.2) is 25.0 Å². The monoisotopic (exact) mass is 281 g/mol. The molecule has 0 aliphatic carbocycles. The van der Waals surface area contributed by atoms with Crippen molar-refractivity contribution in [2.75, 3.05) is 18.1 Å². The Morgan fingerprint density at radius 1 is 1.53 bits per heavy atom. The van der Waals surface area contributed by atoms with Crippen molar-refractivity contribution in [1.82, 2.24) is 0 Å². The fraction of sp³-hybridized carbons (Fsp3) is 0.429. The van der Waals surface area contributed by atoms with Crippen LogP contribution in [-0.2, 0) is 14.3 Å². The number of carbonyl (C=O) groups excluding carboxylic acids is 2. The number of nitrogens with zero attached hydrogens (tertiary/aromatic N) is 1. The van der Waals surface area contributed by atoms with Gasteiger partial charge in [-0.1, -0.05) is 17.7 Å². The first-order valence-electron chi connectivity index (χ1n) is 6.26. The maximum absolute atomic E-state index is 12.0. The molecule has 1 fully saturated rings. The maximum atomic E-state index is 12.0. The molecule has 1 heterocycles.